The number of hydrogen-bond donors (Lipinski definition) is 2. The molecular formula is C14H13N3O4S. The molecule has 3 N–H and O–H groups in total. The Labute approximate surface area is 130 Å². The molecule has 1 aromatic carbocycles. The van der Waals surface area contributed by atoms with Crippen molar-refractivity contribution in [3.05, 3.63) is 58.3 Å². The predicted molar refractivity (Wildman–Crippen MR) is 80.6 cm³/mol. The molecular weight excluding hydrogens is 306 g/mol. The minimum atomic E-state index is -1.06. The first-order chi connectivity index (χ1) is 10.5. The van der Waals surface area contributed by atoms with Crippen LogP contribution >= 0.6 is 11.8 Å². The van der Waals surface area contributed by atoms with Gasteiger partial charge in [-0.15, -0.1) is 0 Å². The number of carbonyl (C=O) groups is 1. The van der Waals surface area contributed by atoms with Crippen LogP contribution in [0.1, 0.15) is 18.0 Å². The lowest BCUT2D eigenvalue weighted by atomic mass is 10.0. The lowest BCUT2D eigenvalue weighted by Gasteiger charge is -2.14. The topological polar surface area (TPSA) is 119 Å². The highest BCUT2D eigenvalue weighted by molar-refractivity contribution is 7.99. The molecule has 1 atom stereocenters. The van der Waals surface area contributed by atoms with Crippen molar-refractivity contribution in [2.24, 2.45) is 5.73 Å². The van der Waals surface area contributed by atoms with Gasteiger partial charge in [0.15, 0.2) is 0 Å². The number of nitrogens with two attached hydrogens (primary N) is 1. The van der Waals surface area contributed by atoms with Gasteiger partial charge >= 0.3 is 5.97 Å². The average molecular weight is 319 g/mol. The molecule has 0 aliphatic rings. The molecule has 0 radical (unpaired) electrons. The summed E-state index contributed by atoms with van der Waals surface area (Å²) in [6, 6.07) is 8.80. The van der Waals surface area contributed by atoms with Crippen molar-refractivity contribution < 1.29 is 14.8 Å². The average Bonchev–Trinajstić information content (AvgIpc) is 2.47. The zero-order chi connectivity index (χ0) is 16.1. The Kier molecular flexibility index (Phi) is 5.08. The fourth-order valence-electron chi connectivity index (χ4n) is 1.85. The second-order valence-corrected chi connectivity index (χ2v) is 5.52. The Morgan fingerprint density at radius 3 is 2.77 bits per heavy atom. The molecule has 2 aromatic rings. The molecule has 0 spiro atoms. The number of nitrogens with zero attached hydrogens (tertiary/aromatic N) is 2. The van der Waals surface area contributed by atoms with E-state index < -0.39 is 16.9 Å². The van der Waals surface area contributed by atoms with Crippen molar-refractivity contribution in [2.45, 2.75) is 22.4 Å². The van der Waals surface area contributed by atoms with E-state index in [1.54, 1.807) is 24.4 Å². The molecule has 0 saturated heterocycles. The van der Waals surface area contributed by atoms with E-state index in [0.29, 0.717) is 15.5 Å². The zero-order valence-corrected chi connectivity index (χ0v) is 12.2. The summed E-state index contributed by atoms with van der Waals surface area (Å²) in [5.41, 5.74) is 6.18. The molecule has 0 bridgehead atoms. The number of benzene rings is 1. The molecule has 0 saturated carbocycles. The number of nitro groups is 1. The van der Waals surface area contributed by atoms with Gasteiger partial charge in [-0.1, -0.05) is 17.8 Å². The Morgan fingerprint density at radius 2 is 2.18 bits per heavy atom. The molecule has 0 fully saturated rings. The summed E-state index contributed by atoms with van der Waals surface area (Å²) < 4.78 is 0. The van der Waals surface area contributed by atoms with Crippen LogP contribution in [0.5, 0.6) is 0 Å². The second kappa shape index (κ2) is 7.01. The SMILES string of the molecule is NC(CC(=O)O)c1cc([N+](=O)[O-])ccc1Sc1ccccn1. The summed E-state index contributed by atoms with van der Waals surface area (Å²) in [5.74, 6) is -1.06. The van der Waals surface area contributed by atoms with E-state index in [9.17, 15) is 14.9 Å². The summed E-state index contributed by atoms with van der Waals surface area (Å²) in [6.45, 7) is 0. The van der Waals surface area contributed by atoms with Crippen LogP contribution in [0.3, 0.4) is 0 Å². The highest BCUT2D eigenvalue weighted by atomic mass is 32.2. The molecule has 114 valence electrons. The largest absolute Gasteiger partial charge is 0.481 e. The number of carboxylic acids is 1. The van der Waals surface area contributed by atoms with Crippen LogP contribution in [0.2, 0.25) is 0 Å². The van der Waals surface area contributed by atoms with Gasteiger partial charge in [-0.25, -0.2) is 4.98 Å². The van der Waals surface area contributed by atoms with Gasteiger partial charge in [-0.2, -0.15) is 0 Å². The highest BCUT2D eigenvalue weighted by Crippen LogP contribution is 2.34. The summed E-state index contributed by atoms with van der Waals surface area (Å²) in [6.07, 6.45) is 1.32. The maximum Gasteiger partial charge on any atom is 0.305 e. The van der Waals surface area contributed by atoms with E-state index in [4.69, 9.17) is 10.8 Å². The number of non-ortho nitro benzene ring substituents is 1. The van der Waals surface area contributed by atoms with Gasteiger partial charge in [-0.05, 0) is 23.8 Å². The second-order valence-electron chi connectivity index (χ2n) is 4.45. The summed E-state index contributed by atoms with van der Waals surface area (Å²) in [5, 5.41) is 20.5. The standard InChI is InChI=1S/C14H13N3O4S/c15-11(8-14(18)19)10-7-9(17(20)21)4-5-12(10)22-13-3-1-2-6-16-13/h1-7,11H,8,15H2,(H,18,19). The number of nitro benzene ring substituents is 1. The van der Waals surface area contributed by atoms with Gasteiger partial charge < -0.3 is 10.8 Å². The quantitative estimate of drug-likeness (QED) is 0.620. The number of aromatic nitrogens is 1. The van der Waals surface area contributed by atoms with Gasteiger partial charge in [0.05, 0.1) is 11.3 Å². The van der Waals surface area contributed by atoms with Crippen LogP contribution in [0.15, 0.2) is 52.5 Å². The lowest BCUT2D eigenvalue weighted by molar-refractivity contribution is -0.385. The van der Waals surface area contributed by atoms with Gasteiger partial charge in [0.2, 0.25) is 0 Å². The van der Waals surface area contributed by atoms with Gasteiger partial charge in [0.1, 0.15) is 5.03 Å². The first-order valence-corrected chi connectivity index (χ1v) is 7.13. The highest BCUT2D eigenvalue weighted by Gasteiger charge is 2.19. The monoisotopic (exact) mass is 319 g/mol. The third kappa shape index (κ3) is 4.03. The summed E-state index contributed by atoms with van der Waals surface area (Å²) >= 11 is 1.28. The maximum absolute atomic E-state index is 10.9. The van der Waals surface area contributed by atoms with E-state index in [1.807, 2.05) is 6.07 Å². The molecule has 22 heavy (non-hydrogen) atoms. The number of hydrogen-bond acceptors (Lipinski definition) is 6. The van der Waals surface area contributed by atoms with Gasteiger partial charge in [0, 0.05) is 29.3 Å². The van der Waals surface area contributed by atoms with Crippen molar-refractivity contribution in [1.29, 1.82) is 0 Å². The first-order valence-electron chi connectivity index (χ1n) is 6.32. The van der Waals surface area contributed by atoms with Crippen molar-refractivity contribution in [3.8, 4) is 0 Å². The van der Waals surface area contributed by atoms with Gasteiger partial charge in [0.25, 0.3) is 5.69 Å². The van der Waals surface area contributed by atoms with E-state index in [0.717, 1.165) is 0 Å². The third-order valence-electron chi connectivity index (χ3n) is 2.85. The predicted octanol–water partition coefficient (Wildman–Crippen LogP) is 2.62. The Morgan fingerprint density at radius 1 is 1.41 bits per heavy atom. The Bertz CT molecular complexity index is 694. The lowest BCUT2D eigenvalue weighted by Crippen LogP contribution is -2.16. The van der Waals surface area contributed by atoms with E-state index in [1.165, 1.54) is 23.9 Å². The first kappa shape index (κ1) is 15.9. The summed E-state index contributed by atoms with van der Waals surface area (Å²) in [4.78, 5) is 26.0. The fraction of sp³-hybridized carbons (Fsp3) is 0.143. The molecule has 1 heterocycles. The molecule has 1 unspecified atom stereocenters. The number of rotatable bonds is 6. The minimum Gasteiger partial charge on any atom is -0.481 e. The minimum absolute atomic E-state index is 0.124. The molecule has 0 aliphatic carbocycles. The smallest absolute Gasteiger partial charge is 0.305 e. The van der Waals surface area contributed by atoms with Crippen molar-refractivity contribution in [3.63, 3.8) is 0 Å². The molecule has 7 nitrogen and oxygen atoms in total. The van der Waals surface area contributed by atoms with Crippen LogP contribution < -0.4 is 5.73 Å². The molecule has 2 rings (SSSR count). The molecule has 8 heteroatoms. The van der Waals surface area contributed by atoms with Crippen LogP contribution in [0.4, 0.5) is 5.69 Å². The fourth-order valence-corrected chi connectivity index (χ4v) is 2.80. The number of pyridine rings is 1. The van der Waals surface area contributed by atoms with Crippen LogP contribution in [-0.4, -0.2) is 21.0 Å². The molecule has 0 amide bonds. The van der Waals surface area contributed by atoms with E-state index in [2.05, 4.69) is 4.98 Å². The Balaban J connectivity index is 2.39. The van der Waals surface area contributed by atoms with Crippen molar-refractivity contribution in [1.82, 2.24) is 4.98 Å². The van der Waals surface area contributed by atoms with Crippen LogP contribution in [0, 0.1) is 10.1 Å². The van der Waals surface area contributed by atoms with E-state index >= 15 is 0 Å². The van der Waals surface area contributed by atoms with Gasteiger partial charge in [-0.3, -0.25) is 14.9 Å². The molecule has 1 aromatic heterocycles. The Hall–Kier alpha value is -2.45. The van der Waals surface area contributed by atoms with Crippen LogP contribution in [-0.2, 0) is 4.79 Å². The maximum atomic E-state index is 10.9. The molecule has 0 aliphatic heterocycles. The third-order valence-corrected chi connectivity index (χ3v) is 3.89. The van der Waals surface area contributed by atoms with Crippen molar-refractivity contribution in [2.75, 3.05) is 0 Å². The van der Waals surface area contributed by atoms with Crippen LogP contribution in [0.25, 0.3) is 0 Å². The number of aliphatic carboxylic acids is 1. The number of carboxylic acid groups (broad SMARTS) is 1. The van der Waals surface area contributed by atoms with E-state index in [-0.39, 0.29) is 12.1 Å². The van der Waals surface area contributed by atoms with Crippen molar-refractivity contribution >= 4 is 23.4 Å². The summed E-state index contributed by atoms with van der Waals surface area (Å²) in [7, 11) is 0. The zero-order valence-electron chi connectivity index (χ0n) is 11.4. The normalized spacial score (nSPS) is 11.9.